The van der Waals surface area contributed by atoms with Gasteiger partial charge in [-0.05, 0) is 50.8 Å². The summed E-state index contributed by atoms with van der Waals surface area (Å²) in [5, 5.41) is 3.58. The Hall–Kier alpha value is -1.06. The van der Waals surface area contributed by atoms with Crippen LogP contribution < -0.4 is 10.1 Å². The van der Waals surface area contributed by atoms with E-state index in [0.717, 1.165) is 44.8 Å². The van der Waals surface area contributed by atoms with Crippen LogP contribution in [-0.2, 0) is 4.74 Å². The highest BCUT2D eigenvalue weighted by Gasteiger charge is 2.18. The maximum atomic E-state index is 5.88. The molecule has 1 saturated heterocycles. The van der Waals surface area contributed by atoms with E-state index in [0.29, 0.717) is 12.1 Å². The Morgan fingerprint density at radius 1 is 1.35 bits per heavy atom. The molecule has 20 heavy (non-hydrogen) atoms. The average Bonchev–Trinajstić information content (AvgIpc) is 3.01. The van der Waals surface area contributed by atoms with Crippen molar-refractivity contribution in [1.82, 2.24) is 5.32 Å². The lowest BCUT2D eigenvalue weighted by atomic mass is 10.1. The molecule has 0 saturated carbocycles. The first-order valence-corrected chi connectivity index (χ1v) is 7.91. The van der Waals surface area contributed by atoms with E-state index in [1.54, 1.807) is 0 Å². The number of benzene rings is 1. The number of ether oxygens (including phenoxy) is 2. The lowest BCUT2D eigenvalue weighted by molar-refractivity contribution is 0.0971. The Morgan fingerprint density at radius 3 is 2.90 bits per heavy atom. The Bertz CT molecular complexity index is 349. The average molecular weight is 277 g/mol. The molecule has 0 radical (unpaired) electrons. The molecule has 1 aliphatic rings. The molecular formula is C17H27NO2. The molecular weight excluding hydrogens is 250 g/mol. The Kier molecular flexibility index (Phi) is 6.89. The number of hydrogen-bond donors (Lipinski definition) is 1. The molecule has 112 valence electrons. The minimum absolute atomic E-state index is 0.416. The van der Waals surface area contributed by atoms with Crippen molar-refractivity contribution in [3.05, 3.63) is 30.3 Å². The van der Waals surface area contributed by atoms with Crippen molar-refractivity contribution in [2.45, 2.75) is 51.2 Å². The van der Waals surface area contributed by atoms with E-state index in [1.807, 2.05) is 30.3 Å². The first-order chi connectivity index (χ1) is 9.88. The molecule has 2 unspecified atom stereocenters. The zero-order valence-electron chi connectivity index (χ0n) is 12.5. The van der Waals surface area contributed by atoms with Gasteiger partial charge in [-0.2, -0.15) is 0 Å². The van der Waals surface area contributed by atoms with Gasteiger partial charge in [-0.1, -0.05) is 25.1 Å². The number of para-hydroxylation sites is 1. The second-order valence-corrected chi connectivity index (χ2v) is 5.49. The number of rotatable bonds is 9. The van der Waals surface area contributed by atoms with Crippen LogP contribution in [0.1, 0.15) is 39.0 Å². The van der Waals surface area contributed by atoms with Crippen molar-refractivity contribution in [2.75, 3.05) is 19.8 Å². The van der Waals surface area contributed by atoms with Gasteiger partial charge in [0.05, 0.1) is 6.10 Å². The molecule has 1 heterocycles. The van der Waals surface area contributed by atoms with Crippen LogP contribution in [0.15, 0.2) is 30.3 Å². The highest BCUT2D eigenvalue weighted by Crippen LogP contribution is 2.18. The van der Waals surface area contributed by atoms with Gasteiger partial charge in [-0.15, -0.1) is 0 Å². The Balaban J connectivity index is 1.73. The van der Waals surface area contributed by atoms with Gasteiger partial charge in [-0.25, -0.2) is 0 Å². The van der Waals surface area contributed by atoms with E-state index >= 15 is 0 Å². The van der Waals surface area contributed by atoms with Crippen LogP contribution in [0.4, 0.5) is 0 Å². The molecule has 3 heteroatoms. The van der Waals surface area contributed by atoms with Gasteiger partial charge in [0.1, 0.15) is 12.4 Å². The molecule has 1 aromatic rings. The first-order valence-electron chi connectivity index (χ1n) is 7.91. The fraction of sp³-hybridized carbons (Fsp3) is 0.647. The third kappa shape index (κ3) is 5.51. The molecule has 1 fully saturated rings. The molecule has 0 aromatic heterocycles. The van der Waals surface area contributed by atoms with Crippen LogP contribution in [0.5, 0.6) is 5.75 Å². The minimum atomic E-state index is 0.416. The molecule has 0 amide bonds. The summed E-state index contributed by atoms with van der Waals surface area (Å²) in [4.78, 5) is 0. The second kappa shape index (κ2) is 8.98. The zero-order chi connectivity index (χ0) is 14.0. The molecule has 0 bridgehead atoms. The van der Waals surface area contributed by atoms with Crippen LogP contribution in [0.3, 0.4) is 0 Å². The summed E-state index contributed by atoms with van der Waals surface area (Å²) >= 11 is 0. The van der Waals surface area contributed by atoms with Crippen LogP contribution >= 0.6 is 0 Å². The van der Waals surface area contributed by atoms with Gasteiger partial charge in [0.15, 0.2) is 0 Å². The van der Waals surface area contributed by atoms with Gasteiger partial charge in [0.25, 0.3) is 0 Å². The zero-order valence-corrected chi connectivity index (χ0v) is 12.5. The second-order valence-electron chi connectivity index (χ2n) is 5.49. The highest BCUT2D eigenvalue weighted by atomic mass is 16.5. The van der Waals surface area contributed by atoms with Gasteiger partial charge < -0.3 is 14.8 Å². The van der Waals surface area contributed by atoms with Crippen molar-refractivity contribution in [1.29, 1.82) is 0 Å². The van der Waals surface area contributed by atoms with Crippen LogP contribution in [0, 0.1) is 0 Å². The maximum absolute atomic E-state index is 5.88. The summed E-state index contributed by atoms with van der Waals surface area (Å²) in [5.41, 5.74) is 0. The maximum Gasteiger partial charge on any atom is 0.119 e. The lowest BCUT2D eigenvalue weighted by Gasteiger charge is -2.20. The topological polar surface area (TPSA) is 30.5 Å². The summed E-state index contributed by atoms with van der Waals surface area (Å²) in [7, 11) is 0. The predicted octanol–water partition coefficient (Wildman–Crippen LogP) is 3.39. The fourth-order valence-corrected chi connectivity index (χ4v) is 2.57. The SMILES string of the molecule is CCCNC(CCC1CCCO1)COc1ccccc1. The largest absolute Gasteiger partial charge is 0.492 e. The monoisotopic (exact) mass is 277 g/mol. The van der Waals surface area contributed by atoms with E-state index < -0.39 is 0 Å². The minimum Gasteiger partial charge on any atom is -0.492 e. The Morgan fingerprint density at radius 2 is 2.20 bits per heavy atom. The predicted molar refractivity (Wildman–Crippen MR) is 82.2 cm³/mol. The van der Waals surface area contributed by atoms with E-state index in [2.05, 4.69) is 12.2 Å². The van der Waals surface area contributed by atoms with Gasteiger partial charge in [0, 0.05) is 12.6 Å². The van der Waals surface area contributed by atoms with E-state index in [9.17, 15) is 0 Å². The molecule has 0 aliphatic carbocycles. The van der Waals surface area contributed by atoms with E-state index in [1.165, 1.54) is 12.8 Å². The van der Waals surface area contributed by atoms with Gasteiger partial charge >= 0.3 is 0 Å². The summed E-state index contributed by atoms with van der Waals surface area (Å²) in [6.07, 6.45) is 6.33. The summed E-state index contributed by atoms with van der Waals surface area (Å²) in [5.74, 6) is 0.952. The highest BCUT2D eigenvalue weighted by molar-refractivity contribution is 5.20. The normalized spacial score (nSPS) is 19.9. The lowest BCUT2D eigenvalue weighted by Crippen LogP contribution is -2.36. The molecule has 0 spiro atoms. The smallest absolute Gasteiger partial charge is 0.119 e. The van der Waals surface area contributed by atoms with Crippen molar-refractivity contribution in [3.8, 4) is 5.75 Å². The molecule has 3 nitrogen and oxygen atoms in total. The van der Waals surface area contributed by atoms with Crippen molar-refractivity contribution in [2.24, 2.45) is 0 Å². The molecule has 1 aromatic carbocycles. The molecule has 2 rings (SSSR count). The molecule has 1 N–H and O–H groups in total. The van der Waals surface area contributed by atoms with Crippen molar-refractivity contribution < 1.29 is 9.47 Å². The third-order valence-corrected chi connectivity index (χ3v) is 3.74. The van der Waals surface area contributed by atoms with E-state index in [4.69, 9.17) is 9.47 Å². The van der Waals surface area contributed by atoms with Gasteiger partial charge in [0.2, 0.25) is 0 Å². The molecule has 1 aliphatic heterocycles. The van der Waals surface area contributed by atoms with Crippen molar-refractivity contribution >= 4 is 0 Å². The van der Waals surface area contributed by atoms with Crippen molar-refractivity contribution in [3.63, 3.8) is 0 Å². The van der Waals surface area contributed by atoms with Gasteiger partial charge in [-0.3, -0.25) is 0 Å². The van der Waals surface area contributed by atoms with Crippen LogP contribution in [-0.4, -0.2) is 31.9 Å². The summed E-state index contributed by atoms with van der Waals surface area (Å²) < 4.78 is 11.6. The number of hydrogen-bond acceptors (Lipinski definition) is 3. The Labute approximate surface area is 122 Å². The molecule has 2 atom stereocenters. The third-order valence-electron chi connectivity index (χ3n) is 3.74. The van der Waals surface area contributed by atoms with E-state index in [-0.39, 0.29) is 0 Å². The summed E-state index contributed by atoms with van der Waals surface area (Å²) in [6.45, 7) is 4.92. The summed E-state index contributed by atoms with van der Waals surface area (Å²) in [6, 6.07) is 10.5. The number of nitrogens with one attached hydrogen (secondary N) is 1. The van der Waals surface area contributed by atoms with Crippen LogP contribution in [0.25, 0.3) is 0 Å². The first kappa shape index (κ1) is 15.3. The fourth-order valence-electron chi connectivity index (χ4n) is 2.57. The quantitative estimate of drug-likeness (QED) is 0.750. The standard InChI is InChI=1S/C17H27NO2/c1-2-12-18-15(10-11-17-9-6-13-19-17)14-20-16-7-4-3-5-8-16/h3-5,7-8,15,17-18H,2,6,9-14H2,1H3. The van der Waals surface area contributed by atoms with Crippen LogP contribution in [0.2, 0.25) is 0 Å².